The molecule has 0 saturated heterocycles. The molecule has 0 aliphatic carbocycles. The summed E-state index contributed by atoms with van der Waals surface area (Å²) in [5, 5.41) is 7.14. The van der Waals surface area contributed by atoms with Gasteiger partial charge in [0.25, 0.3) is 0 Å². The zero-order chi connectivity index (χ0) is 32.6. The van der Waals surface area contributed by atoms with Crippen LogP contribution in [0.1, 0.15) is 0 Å². The van der Waals surface area contributed by atoms with Crippen molar-refractivity contribution in [2.75, 3.05) is 4.90 Å². The molecule has 0 saturated carbocycles. The Morgan fingerprint density at radius 3 is 1.51 bits per heavy atom. The number of benzene rings is 7. The van der Waals surface area contributed by atoms with Crippen LogP contribution in [0.4, 0.5) is 17.3 Å². The van der Waals surface area contributed by atoms with E-state index in [1.165, 1.54) is 60.3 Å². The number of hydrogen-bond donors (Lipinski definition) is 0. The molecule has 49 heavy (non-hydrogen) atoms. The van der Waals surface area contributed by atoms with Crippen LogP contribution in [0.15, 0.2) is 177 Å². The summed E-state index contributed by atoms with van der Waals surface area (Å²) in [4.78, 5) is 20.1. The van der Waals surface area contributed by atoms with Gasteiger partial charge in [-0.3, -0.25) is 14.9 Å². The minimum absolute atomic E-state index is 0.662. The highest BCUT2D eigenvalue weighted by molar-refractivity contribution is 6.33. The molecule has 9 aromatic rings. The van der Waals surface area contributed by atoms with Crippen LogP contribution in [0.2, 0.25) is 0 Å². The zero-order valence-corrected chi connectivity index (χ0v) is 26.5. The van der Waals surface area contributed by atoms with E-state index >= 15 is 0 Å². The molecule has 0 N–H and O–H groups in total. The minimum atomic E-state index is 0.662. The third-order valence-corrected chi connectivity index (χ3v) is 9.13. The van der Waals surface area contributed by atoms with E-state index in [9.17, 15) is 0 Å². The average Bonchev–Trinajstić information content (AvgIpc) is 3.19. The highest BCUT2D eigenvalue weighted by atomic mass is 15.2. The second kappa shape index (κ2) is 12.1. The minimum Gasteiger partial charge on any atom is -0.276 e. The molecule has 5 nitrogen and oxygen atoms in total. The van der Waals surface area contributed by atoms with Crippen molar-refractivity contribution in [1.82, 2.24) is 19.9 Å². The van der Waals surface area contributed by atoms with E-state index < -0.39 is 0 Å². The molecule has 0 radical (unpaired) electrons. The lowest BCUT2D eigenvalue weighted by Gasteiger charge is -2.24. The molecule has 0 aliphatic heterocycles. The molecule has 0 spiro atoms. The summed E-state index contributed by atoms with van der Waals surface area (Å²) < 4.78 is 0. The summed E-state index contributed by atoms with van der Waals surface area (Å²) in [6, 6.07) is 50.1. The fourth-order valence-corrected chi connectivity index (χ4v) is 7.07. The van der Waals surface area contributed by atoms with Crippen molar-refractivity contribution in [2.45, 2.75) is 0 Å². The van der Waals surface area contributed by atoms with Crippen LogP contribution < -0.4 is 4.90 Å². The Morgan fingerprint density at radius 2 is 0.918 bits per heavy atom. The van der Waals surface area contributed by atoms with Crippen LogP contribution in [0, 0.1) is 0 Å². The molecule has 7 aromatic carbocycles. The largest absolute Gasteiger partial charge is 0.276 e. The van der Waals surface area contributed by atoms with Gasteiger partial charge in [0.1, 0.15) is 0 Å². The Kier molecular flexibility index (Phi) is 7.06. The molecule has 0 amide bonds. The maximum Gasteiger partial charge on any atom is 0.157 e. The number of aromatic nitrogens is 4. The summed E-state index contributed by atoms with van der Waals surface area (Å²) in [7, 11) is 0. The summed E-state index contributed by atoms with van der Waals surface area (Å²) >= 11 is 0. The van der Waals surface area contributed by atoms with Crippen LogP contribution in [-0.2, 0) is 0 Å². The quantitative estimate of drug-likeness (QED) is 0.172. The Bertz CT molecular complexity index is 2540. The van der Waals surface area contributed by atoms with Gasteiger partial charge in [0, 0.05) is 30.5 Å². The van der Waals surface area contributed by atoms with Crippen LogP contribution in [-0.4, -0.2) is 19.9 Å². The summed E-state index contributed by atoms with van der Waals surface area (Å²) in [6.07, 6.45) is 10.3. The van der Waals surface area contributed by atoms with Crippen LogP contribution in [0.25, 0.3) is 65.7 Å². The normalized spacial score (nSPS) is 11.3. The second-order valence-corrected chi connectivity index (χ2v) is 11.9. The van der Waals surface area contributed by atoms with Crippen molar-refractivity contribution in [3.05, 3.63) is 177 Å². The Morgan fingerprint density at radius 1 is 0.388 bits per heavy atom. The molecule has 230 valence electrons. The molecular weight excluding hydrogens is 599 g/mol. The van der Waals surface area contributed by atoms with Gasteiger partial charge in [-0.1, -0.05) is 121 Å². The van der Waals surface area contributed by atoms with Gasteiger partial charge in [-0.05, 0) is 83.9 Å². The third kappa shape index (κ3) is 4.96. The predicted molar refractivity (Wildman–Crippen MR) is 201 cm³/mol. The third-order valence-electron chi connectivity index (χ3n) is 9.13. The van der Waals surface area contributed by atoms with Gasteiger partial charge in [0.15, 0.2) is 11.6 Å². The number of nitrogens with zero attached hydrogens (tertiary/aromatic N) is 5. The van der Waals surface area contributed by atoms with E-state index in [1.807, 2.05) is 4.90 Å². The number of rotatable bonds is 6. The van der Waals surface area contributed by atoms with E-state index in [1.54, 1.807) is 37.2 Å². The summed E-state index contributed by atoms with van der Waals surface area (Å²) in [6.45, 7) is 0. The molecule has 0 aliphatic rings. The standard InChI is InChI=1S/C44H29N5/c1-4-12-30(13-5-1)37-27-38(31-14-6-2-7-15-31)43-35-19-11-10-18-34(35)39-26-33(20-21-36(39)44(43)42(37)32-16-8-3-9-17-32)49(40-28-45-22-24-47-40)41-29-46-23-25-48-41/h1-29H. The van der Waals surface area contributed by atoms with Gasteiger partial charge in [-0.25, -0.2) is 9.97 Å². The molecule has 5 heteroatoms. The van der Waals surface area contributed by atoms with Gasteiger partial charge in [-0.2, -0.15) is 0 Å². The SMILES string of the molecule is c1ccc(-c2cc(-c3ccccc3)c3c4ccccc4c4cc(N(c5cnccn5)c5cnccn5)ccc4c3c2-c2ccccc2)cc1. The number of fused-ring (bicyclic) bond motifs is 6. The first kappa shape index (κ1) is 28.5. The van der Waals surface area contributed by atoms with Gasteiger partial charge < -0.3 is 0 Å². The maximum atomic E-state index is 4.66. The Balaban J connectivity index is 1.47. The lowest BCUT2D eigenvalue weighted by molar-refractivity contribution is 1.07. The second-order valence-electron chi connectivity index (χ2n) is 11.9. The van der Waals surface area contributed by atoms with Crippen molar-refractivity contribution in [3.8, 4) is 33.4 Å². The first-order valence-electron chi connectivity index (χ1n) is 16.3. The maximum absolute atomic E-state index is 4.66. The summed E-state index contributed by atoms with van der Waals surface area (Å²) in [5.41, 5.74) is 8.06. The van der Waals surface area contributed by atoms with Crippen LogP contribution in [0.5, 0.6) is 0 Å². The van der Waals surface area contributed by atoms with E-state index in [0.717, 1.165) is 11.1 Å². The molecular formula is C44H29N5. The van der Waals surface area contributed by atoms with Crippen molar-refractivity contribution in [3.63, 3.8) is 0 Å². The van der Waals surface area contributed by atoms with E-state index in [4.69, 9.17) is 0 Å². The van der Waals surface area contributed by atoms with Crippen molar-refractivity contribution < 1.29 is 0 Å². The predicted octanol–water partition coefficient (Wildman–Crippen LogP) is 11.2. The molecule has 0 unspecified atom stereocenters. The van der Waals surface area contributed by atoms with Crippen molar-refractivity contribution >= 4 is 49.6 Å². The number of hydrogen-bond acceptors (Lipinski definition) is 5. The summed E-state index contributed by atoms with van der Waals surface area (Å²) in [5.74, 6) is 1.32. The molecule has 0 bridgehead atoms. The van der Waals surface area contributed by atoms with Gasteiger partial charge in [0.2, 0.25) is 0 Å². The van der Waals surface area contributed by atoms with Crippen molar-refractivity contribution in [1.29, 1.82) is 0 Å². The molecule has 2 heterocycles. The monoisotopic (exact) mass is 627 g/mol. The zero-order valence-electron chi connectivity index (χ0n) is 26.5. The van der Waals surface area contributed by atoms with Gasteiger partial charge in [-0.15, -0.1) is 0 Å². The van der Waals surface area contributed by atoms with E-state index in [-0.39, 0.29) is 0 Å². The van der Waals surface area contributed by atoms with Gasteiger partial charge in [0.05, 0.1) is 12.4 Å². The molecule has 0 atom stereocenters. The van der Waals surface area contributed by atoms with E-state index in [0.29, 0.717) is 11.6 Å². The van der Waals surface area contributed by atoms with E-state index in [2.05, 4.69) is 159 Å². The highest BCUT2D eigenvalue weighted by Crippen LogP contribution is 2.49. The topological polar surface area (TPSA) is 54.8 Å². The smallest absolute Gasteiger partial charge is 0.157 e. The highest BCUT2D eigenvalue weighted by Gasteiger charge is 2.23. The Labute approximate surface area is 283 Å². The van der Waals surface area contributed by atoms with Gasteiger partial charge >= 0.3 is 0 Å². The Hall–Kier alpha value is -6.72. The van der Waals surface area contributed by atoms with Crippen molar-refractivity contribution in [2.24, 2.45) is 0 Å². The fourth-order valence-electron chi connectivity index (χ4n) is 7.07. The van der Waals surface area contributed by atoms with Crippen LogP contribution >= 0.6 is 0 Å². The molecule has 9 rings (SSSR count). The fraction of sp³-hybridized carbons (Fsp3) is 0. The first-order chi connectivity index (χ1) is 24.3. The van der Waals surface area contributed by atoms with Crippen LogP contribution in [0.3, 0.4) is 0 Å². The molecule has 0 fully saturated rings. The lowest BCUT2D eigenvalue weighted by Crippen LogP contribution is -2.13. The lowest BCUT2D eigenvalue weighted by atomic mass is 9.81. The average molecular weight is 628 g/mol. The number of anilines is 3. The first-order valence-corrected chi connectivity index (χ1v) is 16.3. The molecule has 2 aromatic heterocycles.